The Labute approximate surface area is 182 Å². The molecule has 1 aliphatic heterocycles. The summed E-state index contributed by atoms with van der Waals surface area (Å²) in [6.45, 7) is 7.31. The molecule has 0 radical (unpaired) electrons. The molecule has 0 aromatic carbocycles. The number of hydrogen-bond acceptors (Lipinski definition) is 7. The minimum atomic E-state index is 0.236. The molecule has 1 aliphatic rings. The van der Waals surface area contributed by atoms with Crippen molar-refractivity contribution in [1.29, 1.82) is 0 Å². The summed E-state index contributed by atoms with van der Waals surface area (Å²) < 4.78 is 2.68. The molecular weight excluding hydrogens is 446 g/mol. The molecular formula is C20H22BrN9. The predicted molar refractivity (Wildman–Crippen MR) is 117 cm³/mol. The average Bonchev–Trinajstić information content (AvgIpc) is 3.43. The number of nitrogens with one attached hydrogen (secondary N) is 1. The van der Waals surface area contributed by atoms with Gasteiger partial charge in [0.25, 0.3) is 0 Å². The lowest BCUT2D eigenvalue weighted by Gasteiger charge is -2.46. The first-order valence-corrected chi connectivity index (χ1v) is 10.8. The number of fused-ring (bicyclic) bond motifs is 1. The van der Waals surface area contributed by atoms with Crippen LogP contribution in [0.25, 0.3) is 17.2 Å². The Kier molecular flexibility index (Phi) is 4.95. The highest BCUT2D eigenvalue weighted by atomic mass is 79.9. The van der Waals surface area contributed by atoms with Crippen LogP contribution in [0.4, 0.5) is 5.82 Å². The van der Waals surface area contributed by atoms with Gasteiger partial charge in [0.1, 0.15) is 16.1 Å². The topological polar surface area (TPSA) is 91.1 Å². The van der Waals surface area contributed by atoms with Gasteiger partial charge in [-0.2, -0.15) is 5.10 Å². The van der Waals surface area contributed by atoms with Gasteiger partial charge in [-0.1, -0.05) is 6.92 Å². The van der Waals surface area contributed by atoms with Gasteiger partial charge >= 0.3 is 0 Å². The smallest absolute Gasteiger partial charge is 0.180 e. The minimum absolute atomic E-state index is 0.236. The molecule has 5 heterocycles. The van der Waals surface area contributed by atoms with Gasteiger partial charge in [0.2, 0.25) is 0 Å². The molecule has 5 rings (SSSR count). The van der Waals surface area contributed by atoms with Crippen LogP contribution >= 0.6 is 15.9 Å². The third-order valence-corrected chi connectivity index (χ3v) is 6.18. The summed E-state index contributed by atoms with van der Waals surface area (Å²) in [5, 5.41) is 7.12. The van der Waals surface area contributed by atoms with Crippen molar-refractivity contribution in [2.75, 3.05) is 24.5 Å². The molecule has 2 atom stereocenters. The average molecular weight is 468 g/mol. The number of H-pyrrole nitrogens is 1. The second kappa shape index (κ2) is 7.77. The Hall–Kier alpha value is -2.85. The molecule has 1 N–H and O–H groups in total. The normalized spacial score (nSPS) is 20.2. The van der Waals surface area contributed by atoms with Crippen molar-refractivity contribution in [1.82, 2.24) is 39.4 Å². The van der Waals surface area contributed by atoms with Crippen molar-refractivity contribution < 1.29 is 0 Å². The van der Waals surface area contributed by atoms with Gasteiger partial charge in [0, 0.05) is 43.3 Å². The summed E-state index contributed by atoms with van der Waals surface area (Å²) in [7, 11) is 0. The maximum atomic E-state index is 4.91. The van der Waals surface area contributed by atoms with Crippen molar-refractivity contribution in [2.45, 2.75) is 25.9 Å². The molecule has 0 unspecified atom stereocenters. The van der Waals surface area contributed by atoms with Crippen LogP contribution in [0.3, 0.4) is 0 Å². The van der Waals surface area contributed by atoms with E-state index in [4.69, 9.17) is 4.98 Å². The molecule has 1 fully saturated rings. The highest BCUT2D eigenvalue weighted by molar-refractivity contribution is 9.10. The van der Waals surface area contributed by atoms with Gasteiger partial charge in [-0.05, 0) is 35.5 Å². The SMILES string of the molecule is CCN1CCN(c2ccnc(-c3cnc4cnc(Br)cn34)n2)[C@@H](C)[C@H]1c1cn[nH]c1. The Balaban J connectivity index is 1.51. The predicted octanol–water partition coefficient (Wildman–Crippen LogP) is 2.94. The van der Waals surface area contributed by atoms with Crippen molar-refractivity contribution in [3.05, 3.63) is 53.4 Å². The minimum Gasteiger partial charge on any atom is -0.351 e. The van der Waals surface area contributed by atoms with Crippen LogP contribution in [-0.2, 0) is 0 Å². The number of aromatic nitrogens is 7. The van der Waals surface area contributed by atoms with E-state index >= 15 is 0 Å². The van der Waals surface area contributed by atoms with Crippen LogP contribution in [0.15, 0.2) is 47.9 Å². The molecule has 10 heteroatoms. The van der Waals surface area contributed by atoms with Crippen LogP contribution in [0.5, 0.6) is 0 Å². The third-order valence-electron chi connectivity index (χ3n) is 5.77. The van der Waals surface area contributed by atoms with Crippen LogP contribution in [0, 0.1) is 0 Å². The molecule has 0 aliphatic carbocycles. The van der Waals surface area contributed by atoms with Gasteiger partial charge in [-0.3, -0.25) is 14.4 Å². The molecule has 0 saturated carbocycles. The molecule has 4 aromatic heterocycles. The molecule has 0 bridgehead atoms. The Morgan fingerprint density at radius 3 is 2.87 bits per heavy atom. The van der Waals surface area contributed by atoms with Gasteiger partial charge in [-0.25, -0.2) is 19.9 Å². The standard InChI is InChI=1S/C20H22BrN9/c1-3-28-6-7-29(13(2)19(28)14-8-25-26-9-14)17-4-5-22-20(27-17)15-10-24-18-11-23-16(21)12-30(15)18/h4-5,8-13,19H,3,6-7H2,1-2H3,(H,25,26)/t13-,19-/m0/s1. The summed E-state index contributed by atoms with van der Waals surface area (Å²) in [6, 6.07) is 2.47. The lowest BCUT2D eigenvalue weighted by atomic mass is 9.97. The van der Waals surface area contributed by atoms with E-state index in [0.29, 0.717) is 5.82 Å². The number of rotatable bonds is 4. The first kappa shape index (κ1) is 19.1. The maximum absolute atomic E-state index is 4.91. The van der Waals surface area contributed by atoms with Gasteiger partial charge in [0.05, 0.1) is 24.6 Å². The van der Waals surface area contributed by atoms with E-state index in [9.17, 15) is 0 Å². The number of anilines is 1. The van der Waals surface area contributed by atoms with E-state index in [2.05, 4.69) is 64.7 Å². The number of halogens is 1. The Morgan fingerprint density at radius 1 is 1.17 bits per heavy atom. The number of nitrogens with zero attached hydrogens (tertiary/aromatic N) is 8. The number of likely N-dealkylation sites (N-methyl/N-ethyl adjacent to an activating group) is 1. The maximum Gasteiger partial charge on any atom is 0.180 e. The van der Waals surface area contributed by atoms with Crippen LogP contribution in [0.1, 0.15) is 25.5 Å². The lowest BCUT2D eigenvalue weighted by molar-refractivity contribution is 0.153. The molecule has 0 spiro atoms. The van der Waals surface area contributed by atoms with Crippen LogP contribution < -0.4 is 4.90 Å². The largest absolute Gasteiger partial charge is 0.351 e. The van der Waals surface area contributed by atoms with E-state index < -0.39 is 0 Å². The third kappa shape index (κ3) is 3.25. The summed E-state index contributed by atoms with van der Waals surface area (Å²) >= 11 is 3.43. The number of hydrogen-bond donors (Lipinski definition) is 1. The van der Waals surface area contributed by atoms with E-state index in [0.717, 1.165) is 41.4 Å². The van der Waals surface area contributed by atoms with Gasteiger partial charge in [-0.15, -0.1) is 0 Å². The lowest BCUT2D eigenvalue weighted by Crippen LogP contribution is -2.54. The first-order valence-electron chi connectivity index (χ1n) is 9.97. The van der Waals surface area contributed by atoms with Crippen LogP contribution in [0.2, 0.25) is 0 Å². The fourth-order valence-electron chi connectivity index (χ4n) is 4.31. The van der Waals surface area contributed by atoms with Gasteiger partial charge in [0.15, 0.2) is 11.5 Å². The number of piperazine rings is 1. The van der Waals surface area contributed by atoms with E-state index in [1.165, 1.54) is 5.56 Å². The van der Waals surface area contributed by atoms with E-state index in [1.807, 2.05) is 35.3 Å². The summed E-state index contributed by atoms with van der Waals surface area (Å²) in [6.07, 6.45) is 11.1. The quantitative estimate of drug-likeness (QED) is 0.493. The fraction of sp³-hybridized carbons (Fsp3) is 0.350. The molecule has 30 heavy (non-hydrogen) atoms. The van der Waals surface area contributed by atoms with Crippen molar-refractivity contribution >= 4 is 27.4 Å². The first-order chi connectivity index (χ1) is 14.7. The fourth-order valence-corrected chi connectivity index (χ4v) is 4.62. The summed E-state index contributed by atoms with van der Waals surface area (Å²) in [4.78, 5) is 22.9. The van der Waals surface area contributed by atoms with Crippen molar-refractivity contribution in [3.8, 4) is 11.5 Å². The zero-order valence-electron chi connectivity index (χ0n) is 16.8. The monoisotopic (exact) mass is 467 g/mol. The zero-order chi connectivity index (χ0) is 20.7. The molecule has 1 saturated heterocycles. The molecule has 154 valence electrons. The number of imidazole rings is 1. The van der Waals surface area contributed by atoms with Crippen molar-refractivity contribution in [2.24, 2.45) is 0 Å². The van der Waals surface area contributed by atoms with Crippen LogP contribution in [-0.4, -0.2) is 65.1 Å². The molecule has 0 amide bonds. The summed E-state index contributed by atoms with van der Waals surface area (Å²) in [5.74, 6) is 1.56. The number of aromatic amines is 1. The molecule has 4 aromatic rings. The van der Waals surface area contributed by atoms with Gasteiger partial charge < -0.3 is 4.90 Å². The zero-order valence-corrected chi connectivity index (χ0v) is 18.4. The Bertz CT molecular complexity index is 1160. The second-order valence-corrected chi connectivity index (χ2v) is 8.17. The second-order valence-electron chi connectivity index (χ2n) is 7.36. The highest BCUT2D eigenvalue weighted by Gasteiger charge is 2.35. The highest BCUT2D eigenvalue weighted by Crippen LogP contribution is 2.33. The Morgan fingerprint density at radius 2 is 2.07 bits per heavy atom. The van der Waals surface area contributed by atoms with E-state index in [-0.39, 0.29) is 12.1 Å². The molecule has 9 nitrogen and oxygen atoms in total. The van der Waals surface area contributed by atoms with E-state index in [1.54, 1.807) is 12.4 Å². The summed E-state index contributed by atoms with van der Waals surface area (Å²) in [5.41, 5.74) is 2.79. The van der Waals surface area contributed by atoms with Crippen molar-refractivity contribution in [3.63, 3.8) is 0 Å².